The molecule has 1 saturated carbocycles. The first kappa shape index (κ1) is 14.2. The average molecular weight is 268 g/mol. The number of hydrogen-bond donors (Lipinski definition) is 1. The lowest BCUT2D eigenvalue weighted by molar-refractivity contribution is 0.317. The van der Waals surface area contributed by atoms with Crippen LogP contribution < -0.4 is 5.32 Å². The molecular formula is C15H28N2S. The standard InChI is InChI=1S/C15H28N2S/c1-5-15(6-2)10-16-13(18-11-15)17-12-7-8-14(3,4)9-12/h12H,5-11H2,1-4H3,(H,16,17). The molecule has 104 valence electrons. The summed E-state index contributed by atoms with van der Waals surface area (Å²) in [5.74, 6) is 1.24. The fraction of sp³-hybridized carbons (Fsp3) is 0.933. The fourth-order valence-electron chi connectivity index (χ4n) is 3.05. The van der Waals surface area contributed by atoms with Gasteiger partial charge in [0.2, 0.25) is 0 Å². The van der Waals surface area contributed by atoms with Crippen LogP contribution in [0.25, 0.3) is 0 Å². The van der Waals surface area contributed by atoms with E-state index in [2.05, 4.69) is 33.0 Å². The lowest BCUT2D eigenvalue weighted by Crippen LogP contribution is -2.38. The Bertz CT molecular complexity index is 318. The van der Waals surface area contributed by atoms with Crippen LogP contribution in [0.2, 0.25) is 0 Å². The molecule has 1 unspecified atom stereocenters. The van der Waals surface area contributed by atoms with Gasteiger partial charge < -0.3 is 5.32 Å². The van der Waals surface area contributed by atoms with Crippen molar-refractivity contribution in [2.75, 3.05) is 12.3 Å². The van der Waals surface area contributed by atoms with E-state index in [4.69, 9.17) is 4.99 Å². The Morgan fingerprint density at radius 1 is 1.33 bits per heavy atom. The lowest BCUT2D eigenvalue weighted by Gasteiger charge is -2.34. The first-order valence-corrected chi connectivity index (χ1v) is 8.41. The zero-order valence-corrected chi connectivity index (χ0v) is 13.2. The van der Waals surface area contributed by atoms with Gasteiger partial charge in [-0.2, -0.15) is 0 Å². The van der Waals surface area contributed by atoms with E-state index in [9.17, 15) is 0 Å². The van der Waals surface area contributed by atoms with Crippen molar-refractivity contribution in [2.24, 2.45) is 15.8 Å². The molecule has 1 N–H and O–H groups in total. The van der Waals surface area contributed by atoms with Gasteiger partial charge in [0.25, 0.3) is 0 Å². The van der Waals surface area contributed by atoms with E-state index < -0.39 is 0 Å². The molecule has 0 aromatic rings. The normalized spacial score (nSPS) is 30.0. The van der Waals surface area contributed by atoms with Crippen LogP contribution in [0.15, 0.2) is 4.99 Å². The minimum absolute atomic E-state index is 0.463. The Balaban J connectivity index is 1.87. The average Bonchev–Trinajstić information content (AvgIpc) is 2.70. The van der Waals surface area contributed by atoms with Crippen molar-refractivity contribution >= 4 is 16.9 Å². The summed E-state index contributed by atoms with van der Waals surface area (Å²) in [6, 6.07) is 0.655. The van der Waals surface area contributed by atoms with Crippen LogP contribution in [-0.2, 0) is 0 Å². The Labute approximate surface area is 116 Å². The molecule has 2 aliphatic rings. The van der Waals surface area contributed by atoms with Gasteiger partial charge in [-0.1, -0.05) is 39.5 Å². The van der Waals surface area contributed by atoms with Crippen molar-refractivity contribution in [1.29, 1.82) is 0 Å². The van der Waals surface area contributed by atoms with Crippen LogP contribution in [0.1, 0.15) is 59.8 Å². The SMILES string of the molecule is CCC1(CC)CN=C(NC2CCC(C)(C)C2)SC1. The lowest BCUT2D eigenvalue weighted by atomic mass is 9.84. The van der Waals surface area contributed by atoms with E-state index in [1.807, 2.05) is 11.8 Å². The Morgan fingerprint density at radius 2 is 2.06 bits per heavy atom. The topological polar surface area (TPSA) is 24.4 Å². The second-order valence-corrected chi connectivity index (χ2v) is 7.83. The number of thioether (sulfide) groups is 1. The van der Waals surface area contributed by atoms with E-state index >= 15 is 0 Å². The molecule has 1 heterocycles. The molecule has 1 fully saturated rings. The van der Waals surface area contributed by atoms with Gasteiger partial charge in [0.05, 0.1) is 0 Å². The van der Waals surface area contributed by atoms with Crippen LogP contribution in [0.5, 0.6) is 0 Å². The smallest absolute Gasteiger partial charge is 0.156 e. The number of nitrogens with one attached hydrogen (secondary N) is 1. The molecule has 2 rings (SSSR count). The fourth-order valence-corrected chi connectivity index (χ4v) is 4.40. The third-order valence-corrected chi connectivity index (χ3v) is 6.15. The second-order valence-electron chi connectivity index (χ2n) is 6.87. The summed E-state index contributed by atoms with van der Waals surface area (Å²) in [6.45, 7) is 10.4. The molecule has 0 radical (unpaired) electrons. The summed E-state index contributed by atoms with van der Waals surface area (Å²) in [4.78, 5) is 4.80. The molecule has 0 aromatic heterocycles. The van der Waals surface area contributed by atoms with Crippen molar-refractivity contribution in [3.8, 4) is 0 Å². The van der Waals surface area contributed by atoms with Gasteiger partial charge in [-0.05, 0) is 42.9 Å². The Morgan fingerprint density at radius 3 is 2.50 bits per heavy atom. The number of aliphatic imine (C=N–C) groups is 1. The summed E-state index contributed by atoms with van der Waals surface area (Å²) in [5, 5.41) is 4.88. The highest BCUT2D eigenvalue weighted by atomic mass is 32.2. The highest BCUT2D eigenvalue weighted by Crippen LogP contribution is 2.38. The molecule has 18 heavy (non-hydrogen) atoms. The molecule has 0 saturated heterocycles. The summed E-state index contributed by atoms with van der Waals surface area (Å²) in [7, 11) is 0. The maximum atomic E-state index is 4.80. The van der Waals surface area contributed by atoms with E-state index in [-0.39, 0.29) is 0 Å². The molecule has 1 aliphatic heterocycles. The van der Waals surface area contributed by atoms with Crippen molar-refractivity contribution < 1.29 is 0 Å². The predicted octanol–water partition coefficient (Wildman–Crippen LogP) is 4.06. The predicted molar refractivity (Wildman–Crippen MR) is 82.3 cm³/mol. The summed E-state index contributed by atoms with van der Waals surface area (Å²) < 4.78 is 0. The maximum Gasteiger partial charge on any atom is 0.156 e. The van der Waals surface area contributed by atoms with Gasteiger partial charge >= 0.3 is 0 Å². The van der Waals surface area contributed by atoms with E-state index in [0.717, 1.165) is 6.54 Å². The largest absolute Gasteiger partial charge is 0.362 e. The zero-order valence-electron chi connectivity index (χ0n) is 12.4. The van der Waals surface area contributed by atoms with E-state index in [1.165, 1.54) is 43.0 Å². The van der Waals surface area contributed by atoms with Crippen molar-refractivity contribution in [3.05, 3.63) is 0 Å². The van der Waals surface area contributed by atoms with Crippen LogP contribution in [0.3, 0.4) is 0 Å². The second kappa shape index (κ2) is 5.44. The Hall–Kier alpha value is -0.180. The molecule has 0 bridgehead atoms. The highest BCUT2D eigenvalue weighted by molar-refractivity contribution is 8.13. The molecule has 0 aromatic carbocycles. The monoisotopic (exact) mass is 268 g/mol. The van der Waals surface area contributed by atoms with Gasteiger partial charge in [-0.25, -0.2) is 0 Å². The summed E-state index contributed by atoms with van der Waals surface area (Å²) in [5.41, 5.74) is 0.985. The molecule has 0 spiro atoms. The van der Waals surface area contributed by atoms with Crippen molar-refractivity contribution in [2.45, 2.75) is 65.8 Å². The van der Waals surface area contributed by atoms with Gasteiger partial charge in [0.15, 0.2) is 5.17 Å². The number of amidine groups is 1. The minimum atomic E-state index is 0.463. The quantitative estimate of drug-likeness (QED) is 0.834. The molecule has 2 nitrogen and oxygen atoms in total. The third kappa shape index (κ3) is 3.23. The molecule has 1 aliphatic carbocycles. The first-order chi connectivity index (χ1) is 8.49. The molecule has 0 amide bonds. The van der Waals surface area contributed by atoms with Crippen molar-refractivity contribution in [1.82, 2.24) is 5.32 Å². The number of nitrogens with zero attached hydrogens (tertiary/aromatic N) is 1. The van der Waals surface area contributed by atoms with Crippen LogP contribution in [-0.4, -0.2) is 23.5 Å². The highest BCUT2D eigenvalue weighted by Gasteiger charge is 2.34. The number of hydrogen-bond acceptors (Lipinski definition) is 3. The first-order valence-electron chi connectivity index (χ1n) is 7.42. The van der Waals surface area contributed by atoms with Crippen LogP contribution >= 0.6 is 11.8 Å². The summed E-state index contributed by atoms with van der Waals surface area (Å²) in [6.07, 6.45) is 6.45. The van der Waals surface area contributed by atoms with Crippen LogP contribution in [0.4, 0.5) is 0 Å². The maximum absolute atomic E-state index is 4.80. The molecule has 3 heteroatoms. The van der Waals surface area contributed by atoms with Crippen molar-refractivity contribution in [3.63, 3.8) is 0 Å². The van der Waals surface area contributed by atoms with Crippen LogP contribution in [0, 0.1) is 10.8 Å². The van der Waals surface area contributed by atoms with Gasteiger partial charge in [-0.3, -0.25) is 4.99 Å². The zero-order chi connectivity index (χ0) is 13.2. The minimum Gasteiger partial charge on any atom is -0.362 e. The van der Waals surface area contributed by atoms with E-state index in [1.54, 1.807) is 0 Å². The van der Waals surface area contributed by atoms with E-state index in [0.29, 0.717) is 16.9 Å². The van der Waals surface area contributed by atoms with Gasteiger partial charge in [-0.15, -0.1) is 0 Å². The molecular weight excluding hydrogens is 240 g/mol. The summed E-state index contributed by atoms with van der Waals surface area (Å²) >= 11 is 1.95. The number of rotatable bonds is 3. The Kier molecular flexibility index (Phi) is 4.30. The van der Waals surface area contributed by atoms with Gasteiger partial charge in [0.1, 0.15) is 0 Å². The van der Waals surface area contributed by atoms with Gasteiger partial charge in [0, 0.05) is 18.3 Å². The third-order valence-electron chi connectivity index (χ3n) is 4.87. The molecule has 1 atom stereocenters.